The van der Waals surface area contributed by atoms with Gasteiger partial charge < -0.3 is 14.6 Å². The minimum atomic E-state index is -3.97. The van der Waals surface area contributed by atoms with Gasteiger partial charge in [0.15, 0.2) is 0 Å². The van der Waals surface area contributed by atoms with Gasteiger partial charge in [-0.3, -0.25) is 9.78 Å². The number of pyridine rings is 2. The van der Waals surface area contributed by atoms with E-state index in [1.54, 1.807) is 42.7 Å². The van der Waals surface area contributed by atoms with Crippen LogP contribution in [0.3, 0.4) is 0 Å². The fraction of sp³-hybridized carbons (Fsp3) is 0.231. The van der Waals surface area contributed by atoms with Gasteiger partial charge in [-0.25, -0.2) is 8.42 Å². The van der Waals surface area contributed by atoms with E-state index in [4.69, 9.17) is 4.74 Å². The van der Waals surface area contributed by atoms with Crippen LogP contribution in [-0.2, 0) is 23.1 Å². The molecule has 35 heavy (non-hydrogen) atoms. The molecule has 2 aromatic heterocycles. The topological polar surface area (TPSA) is 95.6 Å². The third-order valence-electron chi connectivity index (χ3n) is 6.26. The highest BCUT2D eigenvalue weighted by atomic mass is 32.2. The number of H-pyrrole nitrogens is 1. The van der Waals surface area contributed by atoms with E-state index in [1.807, 2.05) is 43.1 Å². The van der Waals surface area contributed by atoms with Gasteiger partial charge in [-0.05, 0) is 47.7 Å². The average molecular weight is 491 g/mol. The molecule has 180 valence electrons. The molecule has 9 heteroatoms. The third-order valence-corrected chi connectivity index (χ3v) is 8.05. The smallest absolute Gasteiger partial charge is 0.252 e. The number of rotatable bonds is 6. The number of hydrogen-bond acceptors (Lipinski definition) is 6. The van der Waals surface area contributed by atoms with Gasteiger partial charge in [0.1, 0.15) is 12.4 Å². The number of aromatic nitrogens is 2. The SMILES string of the molecule is Cc1cccc2cc(CN(Cc3cccnc3)S(=O)(=O)c3ccc4c(c3)OCCN4C)c(=O)[nH]c12. The second-order valence-electron chi connectivity index (χ2n) is 8.70. The highest BCUT2D eigenvalue weighted by molar-refractivity contribution is 7.89. The molecule has 5 rings (SSSR count). The largest absolute Gasteiger partial charge is 0.490 e. The maximum Gasteiger partial charge on any atom is 0.252 e. The fourth-order valence-electron chi connectivity index (χ4n) is 4.31. The molecule has 2 aromatic carbocycles. The Morgan fingerprint density at radius 1 is 1.11 bits per heavy atom. The molecule has 0 bridgehead atoms. The van der Waals surface area contributed by atoms with Crippen LogP contribution in [0.4, 0.5) is 5.69 Å². The summed E-state index contributed by atoms with van der Waals surface area (Å²) >= 11 is 0. The number of nitrogens with zero attached hydrogens (tertiary/aromatic N) is 3. The summed E-state index contributed by atoms with van der Waals surface area (Å²) < 4.78 is 34.8. The van der Waals surface area contributed by atoms with Gasteiger partial charge >= 0.3 is 0 Å². The number of aryl methyl sites for hydroxylation is 1. The third kappa shape index (κ3) is 4.52. The number of benzene rings is 2. The zero-order chi connectivity index (χ0) is 24.6. The van der Waals surface area contributed by atoms with Gasteiger partial charge in [-0.1, -0.05) is 24.3 Å². The standard InChI is InChI=1S/C26H26N4O4S/c1-18-5-3-7-20-13-21(26(31)28-25(18)20)17-30(16-19-6-4-10-27-15-19)35(32,33)22-8-9-23-24(14-22)34-12-11-29(23)2/h3-10,13-15H,11-12,16-17H2,1-2H3,(H,28,31). The van der Waals surface area contributed by atoms with Gasteiger partial charge in [0.2, 0.25) is 10.0 Å². The predicted octanol–water partition coefficient (Wildman–Crippen LogP) is 3.45. The molecular weight excluding hydrogens is 464 g/mol. The highest BCUT2D eigenvalue weighted by Crippen LogP contribution is 2.34. The van der Waals surface area contributed by atoms with Crippen molar-refractivity contribution in [2.45, 2.75) is 24.9 Å². The first-order valence-corrected chi connectivity index (χ1v) is 12.8. The van der Waals surface area contributed by atoms with Crippen molar-refractivity contribution in [1.82, 2.24) is 14.3 Å². The molecular formula is C26H26N4O4S. The Kier molecular flexibility index (Phi) is 6.04. The summed E-state index contributed by atoms with van der Waals surface area (Å²) in [5, 5.41) is 0.851. The second-order valence-corrected chi connectivity index (χ2v) is 10.6. The fourth-order valence-corrected chi connectivity index (χ4v) is 5.73. The quantitative estimate of drug-likeness (QED) is 0.445. The van der Waals surface area contributed by atoms with Crippen molar-refractivity contribution in [3.8, 4) is 5.75 Å². The van der Waals surface area contributed by atoms with Crippen LogP contribution in [-0.4, -0.2) is 42.9 Å². The molecule has 0 radical (unpaired) electrons. The number of aromatic amines is 1. The van der Waals surface area contributed by atoms with Crippen LogP contribution in [0.5, 0.6) is 5.75 Å². The van der Waals surface area contributed by atoms with Gasteiger partial charge in [0.05, 0.1) is 22.6 Å². The van der Waals surface area contributed by atoms with E-state index < -0.39 is 10.0 Å². The molecule has 0 atom stereocenters. The monoisotopic (exact) mass is 490 g/mol. The molecule has 0 fully saturated rings. The molecule has 1 aliphatic rings. The Morgan fingerprint density at radius 2 is 1.97 bits per heavy atom. The number of hydrogen-bond donors (Lipinski definition) is 1. The van der Waals surface area contributed by atoms with Crippen molar-refractivity contribution in [3.63, 3.8) is 0 Å². The maximum absolute atomic E-state index is 13.9. The molecule has 0 unspecified atom stereocenters. The van der Waals surface area contributed by atoms with Crippen molar-refractivity contribution in [3.05, 3.63) is 94.0 Å². The summed E-state index contributed by atoms with van der Waals surface area (Å²) in [5.74, 6) is 0.528. The van der Waals surface area contributed by atoms with Crippen molar-refractivity contribution in [2.24, 2.45) is 0 Å². The molecule has 0 amide bonds. The number of para-hydroxylation sites is 1. The number of fused-ring (bicyclic) bond motifs is 2. The Morgan fingerprint density at radius 3 is 2.77 bits per heavy atom. The van der Waals surface area contributed by atoms with Gasteiger partial charge in [0.25, 0.3) is 5.56 Å². The summed E-state index contributed by atoms with van der Waals surface area (Å²) in [7, 11) is -2.03. The molecule has 0 saturated carbocycles. The van der Waals surface area contributed by atoms with E-state index in [1.165, 1.54) is 4.31 Å². The summed E-state index contributed by atoms with van der Waals surface area (Å²) in [5.41, 5.74) is 3.32. The molecule has 3 heterocycles. The predicted molar refractivity (Wildman–Crippen MR) is 135 cm³/mol. The summed E-state index contributed by atoms with van der Waals surface area (Å²) in [6.45, 7) is 3.12. The summed E-state index contributed by atoms with van der Waals surface area (Å²) in [4.78, 5) is 22.1. The maximum atomic E-state index is 13.9. The average Bonchev–Trinajstić information content (AvgIpc) is 2.85. The first kappa shape index (κ1) is 23.1. The molecule has 1 N–H and O–H groups in total. The van der Waals surface area contributed by atoms with Crippen LogP contribution in [0, 0.1) is 6.92 Å². The van der Waals surface area contributed by atoms with Crippen LogP contribution < -0.4 is 15.2 Å². The van der Waals surface area contributed by atoms with E-state index in [0.29, 0.717) is 17.9 Å². The van der Waals surface area contributed by atoms with E-state index >= 15 is 0 Å². The Bertz CT molecular complexity index is 1550. The van der Waals surface area contributed by atoms with Crippen LogP contribution in [0.1, 0.15) is 16.7 Å². The lowest BCUT2D eigenvalue weighted by Crippen LogP contribution is -2.33. The normalized spacial score (nSPS) is 13.6. The first-order valence-electron chi connectivity index (χ1n) is 11.3. The summed E-state index contributed by atoms with van der Waals surface area (Å²) in [6, 6.07) is 16.0. The molecule has 0 saturated heterocycles. The number of anilines is 1. The van der Waals surface area contributed by atoms with Crippen molar-refractivity contribution in [2.75, 3.05) is 25.1 Å². The van der Waals surface area contributed by atoms with E-state index in [9.17, 15) is 13.2 Å². The Hall–Kier alpha value is -3.69. The molecule has 8 nitrogen and oxygen atoms in total. The van der Waals surface area contributed by atoms with E-state index in [-0.39, 0.29) is 23.5 Å². The molecule has 4 aromatic rings. The highest BCUT2D eigenvalue weighted by Gasteiger charge is 2.28. The molecule has 0 aliphatic carbocycles. The zero-order valence-corrected chi connectivity index (χ0v) is 20.4. The van der Waals surface area contributed by atoms with E-state index in [0.717, 1.165) is 34.3 Å². The van der Waals surface area contributed by atoms with Gasteiger partial charge in [0, 0.05) is 44.2 Å². The van der Waals surface area contributed by atoms with Crippen molar-refractivity contribution < 1.29 is 13.2 Å². The zero-order valence-electron chi connectivity index (χ0n) is 19.6. The van der Waals surface area contributed by atoms with Crippen molar-refractivity contribution >= 4 is 26.6 Å². The van der Waals surface area contributed by atoms with Gasteiger partial charge in [-0.15, -0.1) is 0 Å². The number of sulfonamides is 1. The lowest BCUT2D eigenvalue weighted by Gasteiger charge is -2.28. The molecule has 0 spiro atoms. The second kappa shape index (κ2) is 9.16. The minimum absolute atomic E-state index is 0.0688. The van der Waals surface area contributed by atoms with Gasteiger partial charge in [-0.2, -0.15) is 4.31 Å². The molecule has 1 aliphatic heterocycles. The Balaban J connectivity index is 1.57. The van der Waals surface area contributed by atoms with Crippen LogP contribution in [0.2, 0.25) is 0 Å². The minimum Gasteiger partial charge on any atom is -0.490 e. The number of ether oxygens (including phenoxy) is 1. The Labute approximate surface area is 203 Å². The van der Waals surface area contributed by atoms with Crippen LogP contribution in [0.15, 0.2) is 76.7 Å². The lowest BCUT2D eigenvalue weighted by molar-refractivity contribution is 0.310. The van der Waals surface area contributed by atoms with E-state index in [2.05, 4.69) is 9.97 Å². The number of likely N-dealkylation sites (N-methyl/N-ethyl adjacent to an activating group) is 1. The summed E-state index contributed by atoms with van der Waals surface area (Å²) in [6.07, 6.45) is 3.26. The first-order chi connectivity index (χ1) is 16.8. The number of nitrogens with one attached hydrogen (secondary N) is 1. The lowest BCUT2D eigenvalue weighted by atomic mass is 10.1. The van der Waals surface area contributed by atoms with Crippen LogP contribution >= 0.6 is 0 Å². The van der Waals surface area contributed by atoms with Crippen molar-refractivity contribution in [1.29, 1.82) is 0 Å². The van der Waals surface area contributed by atoms with Crippen LogP contribution in [0.25, 0.3) is 10.9 Å².